The first-order chi connectivity index (χ1) is 10.6. The molecule has 0 saturated carbocycles. The van der Waals surface area contributed by atoms with Gasteiger partial charge in [0.05, 0.1) is 5.60 Å². The van der Waals surface area contributed by atoms with Crippen molar-refractivity contribution in [3.8, 4) is 6.07 Å². The predicted octanol–water partition coefficient (Wildman–Crippen LogP) is 1.60. The van der Waals surface area contributed by atoms with Gasteiger partial charge in [-0.25, -0.2) is 4.79 Å². The second kappa shape index (κ2) is 6.20. The molecule has 1 aliphatic heterocycles. The lowest BCUT2D eigenvalue weighted by Crippen LogP contribution is -2.49. The van der Waals surface area contributed by atoms with E-state index in [9.17, 15) is 9.90 Å². The Kier molecular flexibility index (Phi) is 4.66. The summed E-state index contributed by atoms with van der Waals surface area (Å²) in [6.45, 7) is 6.41. The van der Waals surface area contributed by atoms with Crippen LogP contribution < -0.4 is 0 Å². The van der Waals surface area contributed by atoms with E-state index < -0.39 is 11.2 Å². The Morgan fingerprint density at radius 3 is 2.57 bits per heavy atom. The van der Waals surface area contributed by atoms with Crippen LogP contribution in [-0.2, 0) is 18.2 Å². The number of nitrogens with zero attached hydrogens (tertiary/aromatic N) is 4. The van der Waals surface area contributed by atoms with E-state index in [1.54, 1.807) is 22.7 Å². The maximum absolute atomic E-state index is 12.1. The molecule has 0 aromatic carbocycles. The number of ether oxygens (including phenoxy) is 1. The summed E-state index contributed by atoms with van der Waals surface area (Å²) in [5, 5.41) is 23.7. The van der Waals surface area contributed by atoms with E-state index in [4.69, 9.17) is 10.00 Å². The van der Waals surface area contributed by atoms with Crippen LogP contribution in [0.4, 0.5) is 4.79 Å². The van der Waals surface area contributed by atoms with Gasteiger partial charge in [-0.15, -0.1) is 0 Å². The number of hydrogen-bond donors (Lipinski definition) is 1. The van der Waals surface area contributed by atoms with Crippen LogP contribution in [-0.4, -0.2) is 50.2 Å². The van der Waals surface area contributed by atoms with Crippen LogP contribution in [0.1, 0.15) is 45.0 Å². The van der Waals surface area contributed by atoms with Gasteiger partial charge in [0.2, 0.25) is 0 Å². The fourth-order valence-corrected chi connectivity index (χ4v) is 2.67. The van der Waals surface area contributed by atoms with Crippen LogP contribution in [0, 0.1) is 11.3 Å². The van der Waals surface area contributed by atoms with Crippen molar-refractivity contribution in [1.82, 2.24) is 14.7 Å². The Morgan fingerprint density at radius 2 is 2.09 bits per heavy atom. The van der Waals surface area contributed by atoms with Gasteiger partial charge in [0.25, 0.3) is 0 Å². The molecule has 126 valence electrons. The number of piperidine rings is 1. The summed E-state index contributed by atoms with van der Waals surface area (Å²) in [6, 6.07) is 3.69. The van der Waals surface area contributed by atoms with Crippen LogP contribution in [0.5, 0.6) is 0 Å². The second-order valence-corrected chi connectivity index (χ2v) is 7.12. The largest absolute Gasteiger partial charge is 0.444 e. The minimum absolute atomic E-state index is 0.341. The number of likely N-dealkylation sites (tertiary alicyclic amines) is 1. The first-order valence-corrected chi connectivity index (χ1v) is 7.75. The van der Waals surface area contributed by atoms with E-state index in [-0.39, 0.29) is 6.09 Å². The summed E-state index contributed by atoms with van der Waals surface area (Å²) < 4.78 is 6.98. The number of rotatable bonds is 2. The molecule has 0 aliphatic carbocycles. The molecule has 2 heterocycles. The van der Waals surface area contributed by atoms with Crippen LogP contribution in [0.2, 0.25) is 0 Å². The lowest BCUT2D eigenvalue weighted by Gasteiger charge is -2.38. The third kappa shape index (κ3) is 4.45. The van der Waals surface area contributed by atoms with Crippen molar-refractivity contribution >= 4 is 6.09 Å². The molecule has 0 spiro atoms. The van der Waals surface area contributed by atoms with Crippen LogP contribution in [0.3, 0.4) is 0 Å². The van der Waals surface area contributed by atoms with Gasteiger partial charge in [0.15, 0.2) is 5.69 Å². The van der Waals surface area contributed by atoms with Gasteiger partial charge in [-0.3, -0.25) is 4.68 Å². The number of nitriles is 1. The summed E-state index contributed by atoms with van der Waals surface area (Å²) in [4.78, 5) is 13.7. The molecular weight excluding hydrogens is 296 g/mol. The zero-order chi connectivity index (χ0) is 17.3. The smallest absolute Gasteiger partial charge is 0.410 e. The quantitative estimate of drug-likeness (QED) is 0.893. The van der Waals surface area contributed by atoms with E-state index in [0.717, 1.165) is 5.69 Å². The Balaban J connectivity index is 1.95. The fraction of sp³-hybridized carbons (Fsp3) is 0.688. The van der Waals surface area contributed by atoms with Crippen molar-refractivity contribution in [3.63, 3.8) is 0 Å². The third-order valence-electron chi connectivity index (χ3n) is 3.95. The highest BCUT2D eigenvalue weighted by Crippen LogP contribution is 2.27. The highest BCUT2D eigenvalue weighted by molar-refractivity contribution is 5.68. The molecule has 0 atom stereocenters. The van der Waals surface area contributed by atoms with Gasteiger partial charge in [-0.1, -0.05) is 0 Å². The van der Waals surface area contributed by atoms with Crippen molar-refractivity contribution in [2.75, 3.05) is 13.1 Å². The summed E-state index contributed by atoms with van der Waals surface area (Å²) >= 11 is 0. The summed E-state index contributed by atoms with van der Waals surface area (Å²) in [6.07, 6.45) is 1.02. The molecule has 1 aliphatic rings. The fourth-order valence-electron chi connectivity index (χ4n) is 2.67. The number of amides is 1. The van der Waals surface area contributed by atoms with Gasteiger partial charge in [-0.2, -0.15) is 10.4 Å². The number of aromatic nitrogens is 2. The summed E-state index contributed by atoms with van der Waals surface area (Å²) in [7, 11) is 1.76. The van der Waals surface area contributed by atoms with E-state index in [2.05, 4.69) is 5.10 Å². The number of carbonyl (C=O) groups is 1. The molecular formula is C16H24N4O3. The first kappa shape index (κ1) is 17.3. The van der Waals surface area contributed by atoms with E-state index in [0.29, 0.717) is 38.0 Å². The highest BCUT2D eigenvalue weighted by atomic mass is 16.6. The summed E-state index contributed by atoms with van der Waals surface area (Å²) in [5.41, 5.74) is -0.251. The maximum atomic E-state index is 12.1. The lowest BCUT2D eigenvalue weighted by atomic mass is 9.87. The number of carbonyl (C=O) groups excluding carboxylic acids is 1. The van der Waals surface area contributed by atoms with E-state index in [1.807, 2.05) is 26.8 Å². The Bertz CT molecular complexity index is 616. The van der Waals surface area contributed by atoms with Crippen molar-refractivity contribution < 1.29 is 14.6 Å². The van der Waals surface area contributed by atoms with E-state index in [1.165, 1.54) is 0 Å². The average Bonchev–Trinajstić information content (AvgIpc) is 2.77. The molecule has 1 aromatic rings. The molecule has 7 heteroatoms. The average molecular weight is 320 g/mol. The van der Waals surface area contributed by atoms with Crippen LogP contribution in [0.25, 0.3) is 0 Å². The van der Waals surface area contributed by atoms with Crippen molar-refractivity contribution in [1.29, 1.82) is 5.26 Å². The molecule has 1 amide bonds. The van der Waals surface area contributed by atoms with Crippen molar-refractivity contribution in [2.24, 2.45) is 7.05 Å². The van der Waals surface area contributed by atoms with Gasteiger partial charge in [-0.05, 0) is 39.7 Å². The lowest BCUT2D eigenvalue weighted by molar-refractivity contribution is -0.0324. The van der Waals surface area contributed by atoms with Gasteiger partial charge >= 0.3 is 6.09 Å². The molecule has 0 radical (unpaired) electrons. The maximum Gasteiger partial charge on any atom is 0.410 e. The monoisotopic (exact) mass is 320 g/mol. The molecule has 0 bridgehead atoms. The SMILES string of the molecule is Cn1nc(C#N)cc1CC1(O)CCN(C(=O)OC(C)(C)C)CC1. The molecule has 23 heavy (non-hydrogen) atoms. The Morgan fingerprint density at radius 1 is 1.48 bits per heavy atom. The Hall–Kier alpha value is -2.07. The minimum Gasteiger partial charge on any atom is -0.444 e. The van der Waals surface area contributed by atoms with Crippen molar-refractivity contribution in [3.05, 3.63) is 17.5 Å². The molecule has 1 fully saturated rings. The highest BCUT2D eigenvalue weighted by Gasteiger charge is 2.36. The summed E-state index contributed by atoms with van der Waals surface area (Å²) in [5.74, 6) is 0. The standard InChI is InChI=1S/C16H24N4O3/c1-15(2,3)23-14(21)20-7-5-16(22,6-8-20)10-13-9-12(11-17)18-19(13)4/h9,22H,5-8,10H2,1-4H3. The normalized spacial score (nSPS) is 17.7. The van der Waals surface area contributed by atoms with Crippen LogP contribution in [0.15, 0.2) is 6.07 Å². The first-order valence-electron chi connectivity index (χ1n) is 7.75. The number of aryl methyl sites for hydroxylation is 1. The van der Waals surface area contributed by atoms with E-state index >= 15 is 0 Å². The molecule has 1 N–H and O–H groups in total. The third-order valence-corrected chi connectivity index (χ3v) is 3.95. The van der Waals surface area contributed by atoms with Gasteiger partial charge in [0, 0.05) is 32.3 Å². The zero-order valence-electron chi connectivity index (χ0n) is 14.2. The Labute approximate surface area is 136 Å². The zero-order valence-corrected chi connectivity index (χ0v) is 14.2. The molecule has 1 saturated heterocycles. The van der Waals surface area contributed by atoms with Crippen LogP contribution >= 0.6 is 0 Å². The minimum atomic E-state index is -0.890. The van der Waals surface area contributed by atoms with Gasteiger partial charge < -0.3 is 14.7 Å². The molecule has 7 nitrogen and oxygen atoms in total. The number of hydrogen-bond acceptors (Lipinski definition) is 5. The molecule has 2 rings (SSSR count). The topological polar surface area (TPSA) is 91.4 Å². The van der Waals surface area contributed by atoms with Crippen molar-refractivity contribution in [2.45, 2.75) is 51.2 Å². The molecule has 0 unspecified atom stereocenters. The van der Waals surface area contributed by atoms with Gasteiger partial charge in [0.1, 0.15) is 11.7 Å². The molecule has 1 aromatic heterocycles. The predicted molar refractivity (Wildman–Crippen MR) is 83.6 cm³/mol. The second-order valence-electron chi connectivity index (χ2n) is 7.12. The number of aliphatic hydroxyl groups is 1.